The van der Waals surface area contributed by atoms with E-state index in [9.17, 15) is 4.79 Å². The van der Waals surface area contributed by atoms with Crippen LogP contribution in [0.4, 0.5) is 5.82 Å². The molecular formula is C21H21N3O2. The standard InChI is InChI=1S/C21H21N3O2/c1-3-18-14(2)20(24(23-18)17-7-5-4-6-8-17)22-21(25)16-9-10-19-15(13-16)11-12-26-19/h4-10,13H,3,11-12H2,1-2H3,(H,22,25). The largest absolute Gasteiger partial charge is 0.493 e. The number of nitrogens with zero attached hydrogens (tertiary/aromatic N) is 2. The first-order chi connectivity index (χ1) is 12.7. The molecule has 2 heterocycles. The van der Waals surface area contributed by atoms with E-state index in [1.807, 2.05) is 54.1 Å². The summed E-state index contributed by atoms with van der Waals surface area (Å²) in [7, 11) is 0. The van der Waals surface area contributed by atoms with Gasteiger partial charge in [0.2, 0.25) is 0 Å². The molecule has 0 aliphatic carbocycles. The molecule has 1 N–H and O–H groups in total. The fourth-order valence-electron chi connectivity index (χ4n) is 3.29. The predicted octanol–water partition coefficient (Wildman–Crippen LogP) is 3.93. The Morgan fingerprint density at radius 1 is 1.23 bits per heavy atom. The molecule has 0 fully saturated rings. The van der Waals surface area contributed by atoms with Crippen molar-refractivity contribution in [1.29, 1.82) is 0 Å². The lowest BCUT2D eigenvalue weighted by molar-refractivity contribution is 0.102. The van der Waals surface area contributed by atoms with E-state index in [0.717, 1.165) is 46.9 Å². The summed E-state index contributed by atoms with van der Waals surface area (Å²) >= 11 is 0. The third-order valence-electron chi connectivity index (χ3n) is 4.74. The first kappa shape index (κ1) is 16.4. The van der Waals surface area contributed by atoms with E-state index in [2.05, 4.69) is 17.3 Å². The summed E-state index contributed by atoms with van der Waals surface area (Å²) in [6.45, 7) is 4.74. The number of aromatic nitrogens is 2. The third kappa shape index (κ3) is 2.86. The second kappa shape index (κ2) is 6.67. The zero-order valence-corrected chi connectivity index (χ0v) is 15.0. The van der Waals surface area contributed by atoms with Crippen LogP contribution in [0.5, 0.6) is 5.75 Å². The molecule has 1 amide bonds. The first-order valence-electron chi connectivity index (χ1n) is 8.88. The number of fused-ring (bicyclic) bond motifs is 1. The van der Waals surface area contributed by atoms with E-state index in [1.165, 1.54) is 0 Å². The van der Waals surface area contributed by atoms with Crippen LogP contribution in [0.25, 0.3) is 5.69 Å². The van der Waals surface area contributed by atoms with Gasteiger partial charge in [-0.25, -0.2) is 4.68 Å². The van der Waals surface area contributed by atoms with E-state index < -0.39 is 0 Å². The summed E-state index contributed by atoms with van der Waals surface area (Å²) in [5.41, 5.74) is 4.61. The van der Waals surface area contributed by atoms with Crippen LogP contribution in [0.3, 0.4) is 0 Å². The van der Waals surface area contributed by atoms with Gasteiger partial charge >= 0.3 is 0 Å². The van der Waals surface area contributed by atoms with Crippen LogP contribution in [-0.4, -0.2) is 22.3 Å². The second-order valence-electron chi connectivity index (χ2n) is 6.40. The SMILES string of the molecule is CCc1nn(-c2ccccc2)c(NC(=O)c2ccc3c(c2)CCO3)c1C. The van der Waals surface area contributed by atoms with Crippen molar-refractivity contribution < 1.29 is 9.53 Å². The van der Waals surface area contributed by atoms with Gasteiger partial charge in [-0.1, -0.05) is 25.1 Å². The molecular weight excluding hydrogens is 326 g/mol. The van der Waals surface area contributed by atoms with Gasteiger partial charge in [-0.05, 0) is 49.2 Å². The Hall–Kier alpha value is -3.08. The molecule has 0 saturated carbocycles. The minimum atomic E-state index is -0.137. The predicted molar refractivity (Wildman–Crippen MR) is 101 cm³/mol. The van der Waals surface area contributed by atoms with E-state index in [0.29, 0.717) is 12.2 Å². The van der Waals surface area contributed by atoms with Crippen molar-refractivity contribution in [1.82, 2.24) is 9.78 Å². The zero-order valence-electron chi connectivity index (χ0n) is 15.0. The minimum Gasteiger partial charge on any atom is -0.493 e. The van der Waals surface area contributed by atoms with Gasteiger partial charge in [-0.15, -0.1) is 0 Å². The van der Waals surface area contributed by atoms with Gasteiger partial charge in [-0.3, -0.25) is 4.79 Å². The first-order valence-corrected chi connectivity index (χ1v) is 8.88. The maximum absolute atomic E-state index is 12.9. The molecule has 0 bridgehead atoms. The highest BCUT2D eigenvalue weighted by atomic mass is 16.5. The van der Waals surface area contributed by atoms with Crippen LogP contribution in [0.2, 0.25) is 0 Å². The number of nitrogens with one attached hydrogen (secondary N) is 1. The molecule has 5 nitrogen and oxygen atoms in total. The molecule has 3 aromatic rings. The van der Waals surface area contributed by atoms with Gasteiger partial charge in [0.25, 0.3) is 5.91 Å². The number of carbonyl (C=O) groups is 1. The highest BCUT2D eigenvalue weighted by molar-refractivity contribution is 6.04. The lowest BCUT2D eigenvalue weighted by atomic mass is 10.1. The number of hydrogen-bond acceptors (Lipinski definition) is 3. The highest BCUT2D eigenvalue weighted by Crippen LogP contribution is 2.27. The molecule has 1 aromatic heterocycles. The van der Waals surface area contributed by atoms with Crippen molar-refractivity contribution in [2.75, 3.05) is 11.9 Å². The van der Waals surface area contributed by atoms with Gasteiger partial charge in [0.15, 0.2) is 0 Å². The van der Waals surface area contributed by atoms with Crippen molar-refractivity contribution in [3.05, 3.63) is 70.9 Å². The summed E-state index contributed by atoms with van der Waals surface area (Å²) in [4.78, 5) is 12.9. The zero-order chi connectivity index (χ0) is 18.1. The fraction of sp³-hybridized carbons (Fsp3) is 0.238. The molecule has 1 aliphatic heterocycles. The molecule has 0 saturated heterocycles. The Morgan fingerprint density at radius 2 is 2.04 bits per heavy atom. The monoisotopic (exact) mass is 347 g/mol. The minimum absolute atomic E-state index is 0.137. The smallest absolute Gasteiger partial charge is 0.256 e. The summed E-state index contributed by atoms with van der Waals surface area (Å²) in [5.74, 6) is 1.46. The Balaban J connectivity index is 1.69. The van der Waals surface area contributed by atoms with E-state index in [1.54, 1.807) is 6.07 Å². The van der Waals surface area contributed by atoms with Crippen LogP contribution in [0.1, 0.15) is 34.1 Å². The van der Waals surface area contributed by atoms with Crippen LogP contribution in [0, 0.1) is 6.92 Å². The number of para-hydroxylation sites is 1. The lowest BCUT2D eigenvalue weighted by Gasteiger charge is -2.11. The van der Waals surface area contributed by atoms with Crippen molar-refractivity contribution in [2.45, 2.75) is 26.7 Å². The topological polar surface area (TPSA) is 56.2 Å². The molecule has 0 radical (unpaired) electrons. The van der Waals surface area contributed by atoms with Gasteiger partial charge in [-0.2, -0.15) is 5.10 Å². The Kier molecular flexibility index (Phi) is 4.21. The van der Waals surface area contributed by atoms with E-state index >= 15 is 0 Å². The second-order valence-corrected chi connectivity index (χ2v) is 6.40. The van der Waals surface area contributed by atoms with Gasteiger partial charge in [0, 0.05) is 17.5 Å². The number of rotatable bonds is 4. The average Bonchev–Trinajstić information content (AvgIpc) is 3.26. The normalized spacial score (nSPS) is 12.5. The van der Waals surface area contributed by atoms with E-state index in [-0.39, 0.29) is 5.91 Å². The number of anilines is 1. The number of hydrogen-bond donors (Lipinski definition) is 1. The van der Waals surface area contributed by atoms with Crippen LogP contribution < -0.4 is 10.1 Å². The van der Waals surface area contributed by atoms with Crippen LogP contribution >= 0.6 is 0 Å². The Labute approximate surface area is 152 Å². The highest BCUT2D eigenvalue weighted by Gasteiger charge is 2.19. The summed E-state index contributed by atoms with van der Waals surface area (Å²) in [6.07, 6.45) is 1.65. The number of benzene rings is 2. The van der Waals surface area contributed by atoms with Gasteiger partial charge in [0.1, 0.15) is 11.6 Å². The van der Waals surface area contributed by atoms with Crippen molar-refractivity contribution in [3.63, 3.8) is 0 Å². The van der Waals surface area contributed by atoms with E-state index in [4.69, 9.17) is 4.74 Å². The molecule has 26 heavy (non-hydrogen) atoms. The Morgan fingerprint density at radius 3 is 2.81 bits per heavy atom. The quantitative estimate of drug-likeness (QED) is 0.778. The molecule has 0 unspecified atom stereocenters. The molecule has 132 valence electrons. The molecule has 0 spiro atoms. The molecule has 5 heteroatoms. The lowest BCUT2D eigenvalue weighted by Crippen LogP contribution is -2.16. The third-order valence-corrected chi connectivity index (χ3v) is 4.74. The molecule has 4 rings (SSSR count). The molecule has 2 aromatic carbocycles. The van der Waals surface area contributed by atoms with Crippen LogP contribution in [-0.2, 0) is 12.8 Å². The van der Waals surface area contributed by atoms with Crippen LogP contribution in [0.15, 0.2) is 48.5 Å². The van der Waals surface area contributed by atoms with Crippen molar-refractivity contribution >= 4 is 11.7 Å². The number of amides is 1. The summed E-state index contributed by atoms with van der Waals surface area (Å²) < 4.78 is 7.33. The number of ether oxygens (including phenoxy) is 1. The maximum atomic E-state index is 12.9. The van der Waals surface area contributed by atoms with Gasteiger partial charge in [0.05, 0.1) is 18.0 Å². The summed E-state index contributed by atoms with van der Waals surface area (Å²) in [6, 6.07) is 15.4. The fourth-order valence-corrected chi connectivity index (χ4v) is 3.29. The average molecular weight is 347 g/mol. The maximum Gasteiger partial charge on any atom is 0.256 e. The molecule has 1 aliphatic rings. The number of aryl methyl sites for hydroxylation is 1. The Bertz CT molecular complexity index is 961. The molecule has 0 atom stereocenters. The van der Waals surface area contributed by atoms with Gasteiger partial charge < -0.3 is 10.1 Å². The van der Waals surface area contributed by atoms with Crippen molar-refractivity contribution in [3.8, 4) is 11.4 Å². The summed E-state index contributed by atoms with van der Waals surface area (Å²) in [5, 5.41) is 7.75. The number of carbonyl (C=O) groups excluding carboxylic acids is 1. The van der Waals surface area contributed by atoms with Crippen molar-refractivity contribution in [2.24, 2.45) is 0 Å².